The maximum Gasteiger partial charge on any atom is 0.270 e. The molecular weight excluding hydrogens is 266 g/mol. The van der Waals surface area contributed by atoms with Crippen LogP contribution in [0.3, 0.4) is 0 Å². The highest BCUT2D eigenvalue weighted by Crippen LogP contribution is 2.18. The number of hydrogen-bond acceptors (Lipinski definition) is 2. The minimum Gasteiger partial charge on any atom is -0.351 e. The van der Waals surface area contributed by atoms with Crippen molar-refractivity contribution in [3.8, 4) is 0 Å². The monoisotopic (exact) mass is 285 g/mol. The molecule has 5 nitrogen and oxygen atoms in total. The summed E-state index contributed by atoms with van der Waals surface area (Å²) in [5, 5.41) is 1.02. The number of aromatic amines is 1. The molecule has 0 atom stereocenters. The highest BCUT2D eigenvalue weighted by molar-refractivity contribution is 5.99. The van der Waals surface area contributed by atoms with Crippen molar-refractivity contribution in [3.05, 3.63) is 35.5 Å². The van der Waals surface area contributed by atoms with Gasteiger partial charge in [-0.15, -0.1) is 0 Å². The topological polar surface area (TPSA) is 56.4 Å². The van der Waals surface area contributed by atoms with E-state index in [1.807, 2.05) is 31.2 Å². The summed E-state index contributed by atoms with van der Waals surface area (Å²) < 4.78 is 0. The van der Waals surface area contributed by atoms with E-state index in [1.165, 1.54) is 0 Å². The van der Waals surface area contributed by atoms with E-state index in [4.69, 9.17) is 0 Å². The highest BCUT2D eigenvalue weighted by atomic mass is 16.2. The van der Waals surface area contributed by atoms with Gasteiger partial charge in [0.1, 0.15) is 12.2 Å². The number of benzene rings is 1. The van der Waals surface area contributed by atoms with Crippen LogP contribution in [0.2, 0.25) is 0 Å². The lowest BCUT2D eigenvalue weighted by atomic mass is 10.2. The molecule has 3 rings (SSSR count). The first-order valence-electron chi connectivity index (χ1n) is 7.17. The van der Waals surface area contributed by atoms with Crippen LogP contribution < -0.4 is 0 Å². The fourth-order valence-corrected chi connectivity index (χ4v) is 2.69. The molecule has 21 heavy (non-hydrogen) atoms. The summed E-state index contributed by atoms with van der Waals surface area (Å²) in [6.45, 7) is 3.49. The first-order valence-corrected chi connectivity index (χ1v) is 7.17. The lowest BCUT2D eigenvalue weighted by Crippen LogP contribution is -2.38. The predicted molar refractivity (Wildman–Crippen MR) is 81.2 cm³/mol. The Hall–Kier alpha value is -2.30. The molecule has 2 heterocycles. The van der Waals surface area contributed by atoms with Gasteiger partial charge in [-0.1, -0.05) is 12.1 Å². The van der Waals surface area contributed by atoms with E-state index < -0.39 is 0 Å². The lowest BCUT2D eigenvalue weighted by Gasteiger charge is -2.18. The molecule has 2 aromatic rings. The second-order valence-electron chi connectivity index (χ2n) is 5.67. The zero-order chi connectivity index (χ0) is 15.0. The number of amides is 2. The van der Waals surface area contributed by atoms with Gasteiger partial charge in [-0.05, 0) is 31.0 Å². The number of fused-ring (bicyclic) bond motifs is 1. The quantitative estimate of drug-likeness (QED) is 0.868. The van der Waals surface area contributed by atoms with Crippen molar-refractivity contribution in [2.24, 2.45) is 0 Å². The van der Waals surface area contributed by atoms with Crippen LogP contribution in [-0.2, 0) is 4.79 Å². The van der Waals surface area contributed by atoms with Crippen LogP contribution in [0.15, 0.2) is 24.3 Å². The fourth-order valence-electron chi connectivity index (χ4n) is 2.69. The first-order chi connectivity index (χ1) is 10.0. The molecule has 0 spiro atoms. The van der Waals surface area contributed by atoms with Gasteiger partial charge >= 0.3 is 0 Å². The number of carbonyl (C=O) groups is 2. The second-order valence-corrected chi connectivity index (χ2v) is 5.67. The first kappa shape index (κ1) is 13.7. The number of nitrogens with zero attached hydrogens (tertiary/aromatic N) is 2. The minimum atomic E-state index is -0.104. The maximum absolute atomic E-state index is 12.6. The van der Waals surface area contributed by atoms with Gasteiger partial charge in [-0.25, -0.2) is 0 Å². The number of aromatic nitrogens is 1. The van der Waals surface area contributed by atoms with Gasteiger partial charge in [-0.2, -0.15) is 0 Å². The Bertz CT molecular complexity index is 705. The minimum absolute atomic E-state index is 0.00666. The van der Waals surface area contributed by atoms with Gasteiger partial charge in [0, 0.05) is 31.0 Å². The molecule has 110 valence electrons. The van der Waals surface area contributed by atoms with E-state index in [1.54, 1.807) is 16.8 Å². The maximum atomic E-state index is 12.6. The number of H-pyrrole nitrogens is 1. The van der Waals surface area contributed by atoms with Crippen LogP contribution >= 0.6 is 0 Å². The van der Waals surface area contributed by atoms with E-state index in [2.05, 4.69) is 4.98 Å². The standard InChI is InChI=1S/C16H19N3O2/c1-11-4-5-12-9-14(17-13(12)8-11)16(21)19-7-3-6-18(2)15(20)10-19/h4-5,8-9,17H,3,6-7,10H2,1-2H3. The van der Waals surface area contributed by atoms with Crippen molar-refractivity contribution < 1.29 is 9.59 Å². The number of hydrogen-bond donors (Lipinski definition) is 1. The van der Waals surface area contributed by atoms with Crippen LogP contribution in [0, 0.1) is 6.92 Å². The van der Waals surface area contributed by atoms with Crippen LogP contribution in [0.1, 0.15) is 22.5 Å². The number of likely N-dealkylation sites (N-methyl/N-ethyl adjacent to an activating group) is 1. The highest BCUT2D eigenvalue weighted by Gasteiger charge is 2.24. The Morgan fingerprint density at radius 2 is 2.05 bits per heavy atom. The molecule has 1 N–H and O–H groups in total. The molecule has 0 unspecified atom stereocenters. The molecule has 5 heteroatoms. The summed E-state index contributed by atoms with van der Waals surface area (Å²) in [4.78, 5) is 31.0. The van der Waals surface area contributed by atoms with Crippen LogP contribution in [0.25, 0.3) is 10.9 Å². The average Bonchev–Trinajstić information content (AvgIpc) is 2.80. The summed E-state index contributed by atoms with van der Waals surface area (Å²) in [6, 6.07) is 7.90. The van der Waals surface area contributed by atoms with Gasteiger partial charge in [-0.3, -0.25) is 9.59 Å². The molecule has 0 radical (unpaired) electrons. The van der Waals surface area contributed by atoms with Crippen molar-refractivity contribution in [1.29, 1.82) is 0 Å². The lowest BCUT2D eigenvalue weighted by molar-refractivity contribution is -0.129. The van der Waals surface area contributed by atoms with E-state index in [-0.39, 0.29) is 18.4 Å². The van der Waals surface area contributed by atoms with Gasteiger partial charge in [0.05, 0.1) is 0 Å². The van der Waals surface area contributed by atoms with E-state index in [9.17, 15) is 9.59 Å². The summed E-state index contributed by atoms with van der Waals surface area (Å²) in [5.41, 5.74) is 2.65. The molecule has 0 saturated carbocycles. The van der Waals surface area contributed by atoms with Crippen molar-refractivity contribution in [2.75, 3.05) is 26.7 Å². The number of carbonyl (C=O) groups excluding carboxylic acids is 2. The SMILES string of the molecule is Cc1ccc2cc(C(=O)N3CCCN(C)C(=O)C3)[nH]c2c1. The third-order valence-corrected chi connectivity index (χ3v) is 3.97. The summed E-state index contributed by atoms with van der Waals surface area (Å²) >= 11 is 0. The Morgan fingerprint density at radius 3 is 2.86 bits per heavy atom. The molecule has 1 aliphatic rings. The van der Waals surface area contributed by atoms with Crippen molar-refractivity contribution in [2.45, 2.75) is 13.3 Å². The van der Waals surface area contributed by atoms with Crippen LogP contribution in [-0.4, -0.2) is 53.3 Å². The second kappa shape index (κ2) is 5.24. The molecule has 0 bridgehead atoms. The van der Waals surface area contributed by atoms with E-state index in [0.717, 1.165) is 22.9 Å². The van der Waals surface area contributed by atoms with Crippen LogP contribution in [0.4, 0.5) is 0 Å². The van der Waals surface area contributed by atoms with Gasteiger partial charge in [0.25, 0.3) is 5.91 Å². The molecule has 1 aromatic carbocycles. The molecule has 1 aliphatic heterocycles. The molecular formula is C16H19N3O2. The Balaban J connectivity index is 1.87. The van der Waals surface area contributed by atoms with Crippen molar-refractivity contribution >= 4 is 22.7 Å². The summed E-state index contributed by atoms with van der Waals surface area (Å²) in [5.74, 6) is -0.111. The zero-order valence-corrected chi connectivity index (χ0v) is 12.3. The van der Waals surface area contributed by atoms with Gasteiger partial charge in [0.15, 0.2) is 0 Å². The number of rotatable bonds is 1. The van der Waals surface area contributed by atoms with Gasteiger partial charge in [0.2, 0.25) is 5.91 Å². The number of nitrogens with one attached hydrogen (secondary N) is 1. The Labute approximate surface area is 123 Å². The predicted octanol–water partition coefficient (Wildman–Crippen LogP) is 1.78. The van der Waals surface area contributed by atoms with Crippen molar-refractivity contribution in [3.63, 3.8) is 0 Å². The zero-order valence-electron chi connectivity index (χ0n) is 12.3. The fraction of sp³-hybridized carbons (Fsp3) is 0.375. The summed E-state index contributed by atoms with van der Waals surface area (Å²) in [6.07, 6.45) is 0.813. The molecule has 2 amide bonds. The van der Waals surface area contributed by atoms with Crippen LogP contribution in [0.5, 0.6) is 0 Å². The normalized spacial score (nSPS) is 16.4. The average molecular weight is 285 g/mol. The smallest absolute Gasteiger partial charge is 0.270 e. The Kier molecular flexibility index (Phi) is 3.41. The largest absolute Gasteiger partial charge is 0.351 e. The third kappa shape index (κ3) is 2.63. The molecule has 1 fully saturated rings. The number of aryl methyl sites for hydroxylation is 1. The van der Waals surface area contributed by atoms with Crippen molar-refractivity contribution in [1.82, 2.24) is 14.8 Å². The van der Waals surface area contributed by atoms with E-state index >= 15 is 0 Å². The van der Waals surface area contributed by atoms with E-state index in [0.29, 0.717) is 18.8 Å². The molecule has 1 aromatic heterocycles. The molecule has 0 aliphatic carbocycles. The third-order valence-electron chi connectivity index (χ3n) is 3.97. The molecule has 1 saturated heterocycles. The Morgan fingerprint density at radius 1 is 1.24 bits per heavy atom. The van der Waals surface area contributed by atoms with Gasteiger partial charge < -0.3 is 14.8 Å². The summed E-state index contributed by atoms with van der Waals surface area (Å²) in [7, 11) is 1.78.